The van der Waals surface area contributed by atoms with Crippen LogP contribution in [-0.2, 0) is 17.3 Å². The molecule has 0 radical (unpaired) electrons. The molecule has 9 nitrogen and oxygen atoms in total. The SMILES string of the molecule is CCCCCCc1ccc(-c2ccc(-c3nc(-c4ccc(C)cc4)nc(-c4ccc(C)cc4)n3)cc2)cc1.Cc1ccc(-c2nc(-c3ccc(C)cc3)nc(-c3cc(-c4ccc(C(C)(C)C)cc4)cc(-c4ccc(C(C)(C)C)cc4)c3)n2)cc1.Cc1ccc(-c2nc(-c3ccc(C)cc3)nc(-c3cc(C)c(C)c(C)c3)n2)cc1. The molecule has 15 rings (SSSR count). The quantitative estimate of drug-likeness (QED) is 0.0822. The van der Waals surface area contributed by atoms with E-state index in [1.807, 2.05) is 0 Å². The lowest BCUT2D eigenvalue weighted by Crippen LogP contribution is -2.10. The fourth-order valence-electron chi connectivity index (χ4n) is 13.5. The van der Waals surface area contributed by atoms with Gasteiger partial charge in [-0.05, 0) is 183 Å². The maximum atomic E-state index is 5.09. The van der Waals surface area contributed by atoms with E-state index in [1.54, 1.807) is 0 Å². The molecular weight excluding hydrogens is 1380 g/mol. The first-order valence-electron chi connectivity index (χ1n) is 39.7. The van der Waals surface area contributed by atoms with E-state index in [9.17, 15) is 0 Å². The monoisotopic (exact) mass is 1480 g/mol. The lowest BCUT2D eigenvalue weighted by molar-refractivity contribution is 0.590. The van der Waals surface area contributed by atoms with Gasteiger partial charge in [-0.15, -0.1) is 0 Å². The van der Waals surface area contributed by atoms with Gasteiger partial charge in [-0.1, -0.05) is 344 Å². The topological polar surface area (TPSA) is 116 Å². The Morgan fingerprint density at radius 2 is 0.407 bits per heavy atom. The fourth-order valence-corrected chi connectivity index (χ4v) is 13.5. The molecule has 0 aliphatic carbocycles. The number of benzene rings is 12. The van der Waals surface area contributed by atoms with Gasteiger partial charge < -0.3 is 0 Å². The molecule has 3 heterocycles. The first kappa shape index (κ1) is 78.8. The molecule has 0 bridgehead atoms. The maximum Gasteiger partial charge on any atom is 0.164 e. The zero-order valence-electron chi connectivity index (χ0n) is 68.5. The Kier molecular flexibility index (Phi) is 24.4. The third kappa shape index (κ3) is 20.1. The van der Waals surface area contributed by atoms with Crippen LogP contribution in [0.2, 0.25) is 0 Å². The minimum Gasteiger partial charge on any atom is -0.208 e. The number of rotatable bonds is 17. The van der Waals surface area contributed by atoms with Crippen LogP contribution in [0.4, 0.5) is 0 Å². The predicted molar refractivity (Wildman–Crippen MR) is 473 cm³/mol. The zero-order valence-corrected chi connectivity index (χ0v) is 68.5. The van der Waals surface area contributed by atoms with E-state index in [2.05, 4.69) is 384 Å². The summed E-state index contributed by atoms with van der Waals surface area (Å²) >= 11 is 0. The molecule has 0 amide bonds. The average Bonchev–Trinajstić information content (AvgIpc) is 0.780. The molecule has 0 saturated heterocycles. The van der Waals surface area contributed by atoms with Crippen molar-refractivity contribution in [1.29, 1.82) is 0 Å². The van der Waals surface area contributed by atoms with Crippen LogP contribution in [-0.4, -0.2) is 44.9 Å². The van der Waals surface area contributed by atoms with E-state index in [4.69, 9.17) is 44.9 Å². The molecule has 0 spiro atoms. The van der Waals surface area contributed by atoms with Crippen LogP contribution in [0.25, 0.3) is 136 Å². The van der Waals surface area contributed by atoms with Crippen LogP contribution in [0.5, 0.6) is 0 Å². The summed E-state index contributed by atoms with van der Waals surface area (Å²) in [6.07, 6.45) is 6.34. The van der Waals surface area contributed by atoms with Gasteiger partial charge in [0.05, 0.1) is 0 Å². The van der Waals surface area contributed by atoms with Gasteiger partial charge in [0.2, 0.25) is 0 Å². The van der Waals surface area contributed by atoms with Gasteiger partial charge in [0.15, 0.2) is 52.4 Å². The number of hydrogen-bond donors (Lipinski definition) is 0. The van der Waals surface area contributed by atoms with Crippen LogP contribution in [0, 0.1) is 62.3 Å². The van der Waals surface area contributed by atoms with Gasteiger partial charge >= 0.3 is 0 Å². The lowest BCUT2D eigenvalue weighted by Gasteiger charge is -2.20. The van der Waals surface area contributed by atoms with Crippen molar-refractivity contribution in [2.45, 2.75) is 154 Å². The Bertz CT molecular complexity index is 5450. The molecule has 0 N–H and O–H groups in total. The van der Waals surface area contributed by atoms with Gasteiger partial charge in [0.1, 0.15) is 0 Å². The van der Waals surface area contributed by atoms with Crippen LogP contribution in [0.3, 0.4) is 0 Å². The summed E-state index contributed by atoms with van der Waals surface area (Å²) < 4.78 is 0. The van der Waals surface area contributed by atoms with Crippen molar-refractivity contribution in [1.82, 2.24) is 44.9 Å². The average molecular weight is 1480 g/mol. The van der Waals surface area contributed by atoms with Crippen LogP contribution in [0.1, 0.15) is 141 Å². The predicted octanol–water partition coefficient (Wildman–Crippen LogP) is 27.1. The van der Waals surface area contributed by atoms with E-state index in [0.717, 1.165) is 78.7 Å². The molecule has 0 aliphatic heterocycles. The Morgan fingerprint density at radius 1 is 0.204 bits per heavy atom. The van der Waals surface area contributed by atoms with Crippen molar-refractivity contribution in [2.75, 3.05) is 0 Å². The Hall–Kier alpha value is -12.3. The minimum atomic E-state index is 0.0873. The summed E-state index contributed by atoms with van der Waals surface area (Å²) in [7, 11) is 0. The smallest absolute Gasteiger partial charge is 0.164 e. The molecule has 15 aromatic rings. The van der Waals surface area contributed by atoms with Crippen molar-refractivity contribution in [2.24, 2.45) is 0 Å². The summed E-state index contributed by atoms with van der Waals surface area (Å²) in [6, 6.07) is 96.5. The summed E-state index contributed by atoms with van der Waals surface area (Å²) in [4.78, 5) is 44.2. The molecule has 0 saturated carbocycles. The summed E-state index contributed by atoms with van der Waals surface area (Å²) in [5.74, 6) is 6.13. The largest absolute Gasteiger partial charge is 0.208 e. The molecule has 564 valence electrons. The van der Waals surface area contributed by atoms with E-state index < -0.39 is 0 Å². The van der Waals surface area contributed by atoms with Crippen molar-refractivity contribution in [3.63, 3.8) is 0 Å². The van der Waals surface area contributed by atoms with E-state index >= 15 is 0 Å². The maximum absolute atomic E-state index is 5.09. The van der Waals surface area contributed by atoms with E-state index in [0.29, 0.717) is 52.4 Å². The highest BCUT2D eigenvalue weighted by Gasteiger charge is 2.21. The summed E-state index contributed by atoms with van der Waals surface area (Å²) in [6.45, 7) is 34.7. The number of hydrogen-bond acceptors (Lipinski definition) is 9. The second kappa shape index (κ2) is 34.9. The second-order valence-electron chi connectivity index (χ2n) is 32.4. The minimum absolute atomic E-state index is 0.0873. The van der Waals surface area contributed by atoms with Gasteiger partial charge in [0.25, 0.3) is 0 Å². The molecule has 3 aromatic heterocycles. The Labute approximate surface area is 670 Å². The zero-order chi connectivity index (χ0) is 79.5. The van der Waals surface area contributed by atoms with Crippen LogP contribution < -0.4 is 0 Å². The van der Waals surface area contributed by atoms with Gasteiger partial charge in [0, 0.05) is 50.1 Å². The van der Waals surface area contributed by atoms with Crippen LogP contribution >= 0.6 is 0 Å². The third-order valence-corrected chi connectivity index (χ3v) is 21.1. The number of unbranched alkanes of at least 4 members (excludes halogenated alkanes) is 3. The molecule has 0 unspecified atom stereocenters. The molecule has 0 fully saturated rings. The van der Waals surface area contributed by atoms with Crippen molar-refractivity contribution in [3.05, 3.63) is 340 Å². The van der Waals surface area contributed by atoms with Crippen molar-refractivity contribution < 1.29 is 0 Å². The second-order valence-corrected chi connectivity index (χ2v) is 32.4. The van der Waals surface area contributed by atoms with Gasteiger partial charge in [-0.25, -0.2) is 44.9 Å². The molecule has 12 aromatic carbocycles. The van der Waals surface area contributed by atoms with Crippen molar-refractivity contribution >= 4 is 0 Å². The lowest BCUT2D eigenvalue weighted by atomic mass is 9.85. The highest BCUT2D eigenvalue weighted by atomic mass is 15.1. The highest BCUT2D eigenvalue weighted by Crippen LogP contribution is 2.38. The van der Waals surface area contributed by atoms with Crippen molar-refractivity contribution in [3.8, 4) is 136 Å². The van der Waals surface area contributed by atoms with Gasteiger partial charge in [-0.3, -0.25) is 0 Å². The fraction of sp³-hybridized carbons (Fsp3) is 0.221. The molecule has 113 heavy (non-hydrogen) atoms. The number of nitrogens with zero attached hydrogens (tertiary/aromatic N) is 9. The number of aromatic nitrogens is 9. The molecular formula is C104H103N9. The van der Waals surface area contributed by atoms with E-state index in [1.165, 1.54) is 104 Å². The normalized spacial score (nSPS) is 11.4. The van der Waals surface area contributed by atoms with Crippen LogP contribution in [0.15, 0.2) is 273 Å². The highest BCUT2D eigenvalue weighted by molar-refractivity contribution is 5.81. The molecule has 0 atom stereocenters. The standard InChI is InChI=1S/C43H43N3.C35H35N3.C26H25N3/c1-28-9-13-32(14-10-28)39-44-40(33-15-11-29(2)12-16-33)46-41(45-39)36-26-34(30-17-21-37(22-18-30)42(3,4)5)25-35(27-36)31-19-23-38(24-20-31)43(6,7)8;1-4-5-6-7-8-27-13-19-28(20-14-27)29-21-23-32(24-22-29)35-37-33(30-15-9-25(2)10-16-30)36-34(38-35)31-17-11-26(3)12-18-31;1-16-6-10-21(11-7-16)24-27-25(22-12-8-17(2)9-13-22)29-26(28-24)23-14-18(3)20(5)19(4)15-23/h9-27H,1-8H3;9-24H,4-8H2,1-3H3;6-15H,1-5H3. The van der Waals surface area contributed by atoms with E-state index in [-0.39, 0.29) is 10.8 Å². The Balaban J connectivity index is 0.000000152. The number of aryl methyl sites for hydroxylation is 9. The third-order valence-electron chi connectivity index (χ3n) is 21.1. The summed E-state index contributed by atoms with van der Waals surface area (Å²) in [5, 5.41) is 0. The Morgan fingerprint density at radius 3 is 0.664 bits per heavy atom. The first-order valence-corrected chi connectivity index (χ1v) is 39.7. The first-order chi connectivity index (χ1) is 54.3. The molecule has 0 aliphatic rings. The van der Waals surface area contributed by atoms with Gasteiger partial charge in [-0.2, -0.15) is 0 Å². The molecule has 9 heteroatoms. The summed E-state index contributed by atoms with van der Waals surface area (Å²) in [5.41, 5.74) is 31.1.